The minimum atomic E-state index is -0.919. The zero-order valence-electron chi connectivity index (χ0n) is 31.5. The summed E-state index contributed by atoms with van der Waals surface area (Å²) in [5, 5.41) is 26.1. The van der Waals surface area contributed by atoms with Crippen molar-refractivity contribution in [1.82, 2.24) is 19.6 Å². The van der Waals surface area contributed by atoms with Crippen LogP contribution in [0.1, 0.15) is 46.5 Å². The summed E-state index contributed by atoms with van der Waals surface area (Å²) in [6.45, 7) is -1.33. The molecule has 62 heavy (non-hydrogen) atoms. The quantitative estimate of drug-likeness (QED) is 0.0725. The van der Waals surface area contributed by atoms with Gasteiger partial charge in [-0.2, -0.15) is 30.1 Å². The van der Waals surface area contributed by atoms with Gasteiger partial charge in [0.15, 0.2) is 36.6 Å². The molecule has 2 aromatic heterocycles. The Morgan fingerprint density at radius 3 is 1.39 bits per heavy atom. The fourth-order valence-corrected chi connectivity index (χ4v) is 5.94. The van der Waals surface area contributed by atoms with Crippen LogP contribution in [0.2, 0.25) is 10.0 Å². The Morgan fingerprint density at radius 2 is 1.00 bits per heavy atom. The molecule has 0 aliphatic heterocycles. The summed E-state index contributed by atoms with van der Waals surface area (Å²) in [7, 11) is 0. The molecule has 0 atom stereocenters. The number of aromatic nitrogens is 4. The van der Waals surface area contributed by atoms with Crippen molar-refractivity contribution in [2.75, 3.05) is 0 Å². The zero-order chi connectivity index (χ0) is 44.5. The number of benzene rings is 4. The van der Waals surface area contributed by atoms with Gasteiger partial charge in [0.25, 0.3) is 11.1 Å². The average molecular weight is 890 g/mol. The monoisotopic (exact) mass is 888 g/mol. The average Bonchev–Trinajstić information content (AvgIpc) is 3.24. The lowest BCUT2D eigenvalue weighted by atomic mass is 10.1. The summed E-state index contributed by atoms with van der Waals surface area (Å²) in [5.41, 5.74) is -1.10. The number of hydrogen-bond acceptors (Lipinski definition) is 12. The van der Waals surface area contributed by atoms with Crippen molar-refractivity contribution in [2.45, 2.75) is 39.1 Å². The maximum Gasteiger partial charge on any atom is 0.308 e. The van der Waals surface area contributed by atoms with E-state index in [0.29, 0.717) is 0 Å². The molecular formula is C42H26Cl2F4N6O8. The first-order valence-electron chi connectivity index (χ1n) is 17.9. The second-order valence-corrected chi connectivity index (χ2v) is 13.8. The lowest BCUT2D eigenvalue weighted by molar-refractivity contribution is -0.155. The second-order valence-electron chi connectivity index (χ2n) is 12.9. The minimum absolute atomic E-state index is 0.0225. The van der Waals surface area contributed by atoms with Crippen molar-refractivity contribution in [3.05, 3.63) is 173 Å². The highest BCUT2D eigenvalue weighted by molar-refractivity contribution is 6.32. The van der Waals surface area contributed by atoms with Gasteiger partial charge in [0.05, 0.1) is 57.5 Å². The van der Waals surface area contributed by atoms with Gasteiger partial charge in [-0.05, 0) is 59.7 Å². The predicted octanol–water partition coefficient (Wildman–Crippen LogP) is 7.65. The predicted molar refractivity (Wildman–Crippen MR) is 209 cm³/mol. The van der Waals surface area contributed by atoms with Gasteiger partial charge < -0.3 is 18.9 Å². The number of halogens is 6. The summed E-state index contributed by atoms with van der Waals surface area (Å²) < 4.78 is 81.6. The number of hydrogen-bond donors (Lipinski definition) is 0. The van der Waals surface area contributed by atoms with Crippen LogP contribution in [0.5, 0.6) is 23.0 Å². The molecule has 0 N–H and O–H groups in total. The van der Waals surface area contributed by atoms with E-state index in [-0.39, 0.29) is 68.0 Å². The minimum Gasteiger partial charge on any atom is -0.453 e. The van der Waals surface area contributed by atoms with Gasteiger partial charge >= 0.3 is 11.9 Å². The molecule has 0 fully saturated rings. The van der Waals surface area contributed by atoms with E-state index in [4.69, 9.17) is 52.7 Å². The zero-order valence-corrected chi connectivity index (χ0v) is 33.1. The molecular weight excluding hydrogens is 863 g/mol. The topological polar surface area (TPSA) is 188 Å². The number of nitriles is 2. The maximum absolute atomic E-state index is 15.5. The molecule has 0 aliphatic carbocycles. The molecule has 0 spiro atoms. The maximum atomic E-state index is 15.5. The van der Waals surface area contributed by atoms with Gasteiger partial charge in [-0.25, -0.2) is 17.6 Å². The van der Waals surface area contributed by atoms with Crippen molar-refractivity contribution >= 4 is 35.1 Å². The molecule has 0 aliphatic rings. The first kappa shape index (κ1) is 44.0. The fourth-order valence-electron chi connectivity index (χ4n) is 5.58. The lowest BCUT2D eigenvalue weighted by Crippen LogP contribution is -2.26. The number of nitrogens with zero attached hydrogens (tertiary/aromatic N) is 6. The highest BCUT2D eigenvalue weighted by Gasteiger charge is 2.20. The van der Waals surface area contributed by atoms with Gasteiger partial charge in [0.1, 0.15) is 23.1 Å². The smallest absolute Gasteiger partial charge is 0.308 e. The largest absolute Gasteiger partial charge is 0.453 e. The number of ether oxygens (including phenoxy) is 4. The van der Waals surface area contributed by atoms with Crippen LogP contribution in [-0.4, -0.2) is 31.5 Å². The van der Waals surface area contributed by atoms with Crippen LogP contribution in [0, 0.1) is 45.9 Å². The Kier molecular flexibility index (Phi) is 14.0. The molecule has 20 heteroatoms. The Labute approximate surface area is 357 Å². The van der Waals surface area contributed by atoms with Crippen molar-refractivity contribution < 1.29 is 46.1 Å². The van der Waals surface area contributed by atoms with E-state index in [1.165, 1.54) is 48.5 Å². The summed E-state index contributed by atoms with van der Waals surface area (Å²) in [6.07, 6.45) is -1.37. The highest BCUT2D eigenvalue weighted by atomic mass is 35.5. The highest BCUT2D eigenvalue weighted by Crippen LogP contribution is 2.36. The number of carbonyl (C=O) groups excluding carboxylic acids is 2. The Balaban J connectivity index is 1.01. The van der Waals surface area contributed by atoms with Crippen LogP contribution in [-0.2, 0) is 45.4 Å². The van der Waals surface area contributed by atoms with E-state index < -0.39 is 84.1 Å². The number of rotatable bonds is 15. The molecule has 0 saturated carbocycles. The normalized spacial score (nSPS) is 10.7. The lowest BCUT2D eigenvalue weighted by Gasteiger charge is -2.13. The van der Waals surface area contributed by atoms with E-state index in [0.717, 1.165) is 45.8 Å². The van der Waals surface area contributed by atoms with Gasteiger partial charge in [0, 0.05) is 37.1 Å². The van der Waals surface area contributed by atoms with Crippen LogP contribution in [0.25, 0.3) is 0 Å². The Morgan fingerprint density at radius 1 is 0.597 bits per heavy atom. The van der Waals surface area contributed by atoms with E-state index in [1.807, 2.05) is 0 Å². The van der Waals surface area contributed by atoms with Gasteiger partial charge in [-0.1, -0.05) is 35.3 Å². The van der Waals surface area contributed by atoms with Crippen molar-refractivity contribution in [1.29, 1.82) is 10.5 Å². The van der Waals surface area contributed by atoms with E-state index >= 15 is 8.78 Å². The molecule has 6 aromatic rings. The molecule has 14 nitrogen and oxygen atoms in total. The molecule has 2 heterocycles. The first-order valence-corrected chi connectivity index (χ1v) is 18.6. The number of esters is 2. The van der Waals surface area contributed by atoms with Crippen LogP contribution in [0.15, 0.2) is 94.5 Å². The summed E-state index contributed by atoms with van der Waals surface area (Å²) in [4.78, 5) is 49.8. The molecule has 0 amide bonds. The van der Waals surface area contributed by atoms with Crippen LogP contribution in [0.4, 0.5) is 17.6 Å². The van der Waals surface area contributed by atoms with Crippen LogP contribution in [0.3, 0.4) is 0 Å². The molecule has 314 valence electrons. The molecule has 0 saturated heterocycles. The molecule has 4 aromatic carbocycles. The fraction of sp³-hybridized carbons (Fsp3) is 0.143. The Bertz CT molecular complexity index is 2740. The third kappa shape index (κ3) is 11.2. The van der Waals surface area contributed by atoms with Gasteiger partial charge in [-0.15, -0.1) is 0 Å². The van der Waals surface area contributed by atoms with Crippen molar-refractivity contribution in [3.63, 3.8) is 0 Å². The summed E-state index contributed by atoms with van der Waals surface area (Å²) >= 11 is 12.3. The second kappa shape index (κ2) is 19.7. The van der Waals surface area contributed by atoms with Crippen molar-refractivity contribution in [2.24, 2.45) is 0 Å². The van der Waals surface area contributed by atoms with Gasteiger partial charge in [-0.3, -0.25) is 19.2 Å². The standard InChI is InChI=1S/C42H26Cl2F4N6O8/c43-33-5-1-25(39(47)41(33)61-31-13-23(19-49)11-27(45)17-31)15-29-3-7-35(55)53(51-29)21-59-37(57)9-10-38(58)60-22-54-36(56)8-4-30(52-54)16-26-2-6-34(44)42(40(26)48)62-32-14-24(20-50)12-28(46)18-32/h1-8,11-14,17-18H,9-10,15-16,21-22H2. The summed E-state index contributed by atoms with van der Waals surface area (Å²) in [6, 6.07) is 20.0. The number of carbonyl (C=O) groups is 2. The SMILES string of the molecule is N#Cc1cc(F)cc(Oc2c(Cl)ccc(Cc3ccc(=O)n(COC(=O)CCC(=O)OCn4nc(Cc5ccc(Cl)c(Oc6cc(F)cc(C#N)c6)c5F)ccc4=O)n3)c2F)c1. The van der Waals surface area contributed by atoms with E-state index in [1.54, 1.807) is 12.1 Å². The van der Waals surface area contributed by atoms with E-state index in [9.17, 15) is 28.0 Å². The molecule has 0 radical (unpaired) electrons. The van der Waals surface area contributed by atoms with Gasteiger partial charge in [0.2, 0.25) is 0 Å². The third-order valence-corrected chi connectivity index (χ3v) is 9.11. The molecule has 0 bridgehead atoms. The van der Waals surface area contributed by atoms with Crippen LogP contribution < -0.4 is 20.6 Å². The summed E-state index contributed by atoms with van der Waals surface area (Å²) in [5.74, 6) is -6.46. The van der Waals surface area contributed by atoms with Crippen molar-refractivity contribution in [3.8, 4) is 35.1 Å². The van der Waals surface area contributed by atoms with Crippen LogP contribution >= 0.6 is 23.2 Å². The molecule has 0 unspecified atom stereocenters. The first-order chi connectivity index (χ1) is 29.7. The third-order valence-electron chi connectivity index (χ3n) is 8.51. The van der Waals surface area contributed by atoms with E-state index in [2.05, 4.69) is 10.2 Å². The Hall–Kier alpha value is -7.54. The molecule has 6 rings (SSSR count).